The molecule has 1 aromatic carbocycles. The van der Waals surface area contributed by atoms with Crippen molar-refractivity contribution in [1.82, 2.24) is 4.72 Å². The molecule has 0 aliphatic carbocycles. The van der Waals surface area contributed by atoms with E-state index >= 15 is 0 Å². The molecule has 0 unspecified atom stereocenters. The Morgan fingerprint density at radius 3 is 2.76 bits per heavy atom. The lowest BCUT2D eigenvalue weighted by Crippen LogP contribution is -2.25. The third-order valence-electron chi connectivity index (χ3n) is 1.97. The number of nitrogens with one attached hydrogen (secondary N) is 1. The number of nitrogens with zero attached hydrogens (tertiary/aromatic N) is 1. The van der Waals surface area contributed by atoms with E-state index in [0.29, 0.717) is 11.8 Å². The van der Waals surface area contributed by atoms with Gasteiger partial charge in [0.05, 0.1) is 10.5 Å². The maximum atomic E-state index is 13.0. The molecule has 1 rings (SSSR count). The van der Waals surface area contributed by atoms with Gasteiger partial charge < -0.3 is 0 Å². The Morgan fingerprint density at radius 2 is 2.18 bits per heavy atom. The van der Waals surface area contributed by atoms with E-state index in [1.807, 2.05) is 0 Å². The van der Waals surface area contributed by atoms with Crippen LogP contribution in [-0.2, 0) is 10.0 Å². The van der Waals surface area contributed by atoms with Gasteiger partial charge in [-0.3, -0.25) is 0 Å². The summed E-state index contributed by atoms with van der Waals surface area (Å²) in [7, 11) is -3.67. The van der Waals surface area contributed by atoms with Crippen LogP contribution in [-0.4, -0.2) is 20.3 Å². The van der Waals surface area contributed by atoms with Gasteiger partial charge in [0, 0.05) is 11.9 Å². The number of rotatable bonds is 5. The van der Waals surface area contributed by atoms with Gasteiger partial charge in [0.1, 0.15) is 11.9 Å². The Bertz CT molecular complexity index is 540. The number of benzene rings is 1. The number of hydrogen-bond donors (Lipinski definition) is 1. The van der Waals surface area contributed by atoms with Crippen molar-refractivity contribution in [3.8, 4) is 6.07 Å². The molecule has 0 saturated carbocycles. The minimum atomic E-state index is -3.67. The highest BCUT2D eigenvalue weighted by molar-refractivity contribution is 9.09. The Morgan fingerprint density at radius 1 is 1.47 bits per heavy atom. The van der Waals surface area contributed by atoms with Gasteiger partial charge in [0.25, 0.3) is 0 Å². The first-order valence-electron chi connectivity index (χ1n) is 4.76. The molecule has 0 aliphatic heterocycles. The number of halogens is 2. The fraction of sp³-hybridized carbons (Fsp3) is 0.300. The lowest BCUT2D eigenvalue weighted by molar-refractivity contribution is 0.580. The molecule has 4 nitrogen and oxygen atoms in total. The maximum Gasteiger partial charge on any atom is 0.240 e. The van der Waals surface area contributed by atoms with Crippen LogP contribution in [0.25, 0.3) is 0 Å². The van der Waals surface area contributed by atoms with Crippen LogP contribution in [0.4, 0.5) is 4.39 Å². The van der Waals surface area contributed by atoms with E-state index in [1.165, 1.54) is 0 Å². The normalized spacial score (nSPS) is 11.1. The van der Waals surface area contributed by atoms with Crippen molar-refractivity contribution >= 4 is 26.0 Å². The minimum absolute atomic E-state index is 0.106. The average Bonchev–Trinajstić information content (AvgIpc) is 2.29. The van der Waals surface area contributed by atoms with Crippen LogP contribution in [0.3, 0.4) is 0 Å². The van der Waals surface area contributed by atoms with Gasteiger partial charge in [-0.15, -0.1) is 0 Å². The van der Waals surface area contributed by atoms with Crippen LogP contribution in [0.1, 0.15) is 12.0 Å². The summed E-state index contributed by atoms with van der Waals surface area (Å²) in [5.41, 5.74) is -0.284. The average molecular weight is 321 g/mol. The molecule has 0 bridgehead atoms. The third-order valence-corrected chi connectivity index (χ3v) is 3.99. The first-order valence-corrected chi connectivity index (χ1v) is 7.37. The topological polar surface area (TPSA) is 70.0 Å². The monoisotopic (exact) mass is 320 g/mol. The molecule has 0 aliphatic rings. The van der Waals surface area contributed by atoms with E-state index in [-0.39, 0.29) is 17.0 Å². The maximum absolute atomic E-state index is 13.0. The summed E-state index contributed by atoms with van der Waals surface area (Å²) in [5.74, 6) is -0.730. The number of sulfonamides is 1. The summed E-state index contributed by atoms with van der Waals surface area (Å²) < 4.78 is 38.8. The van der Waals surface area contributed by atoms with Gasteiger partial charge in [-0.2, -0.15) is 5.26 Å². The molecule has 0 saturated heterocycles. The number of alkyl halides is 1. The second-order valence-electron chi connectivity index (χ2n) is 3.19. The molecular formula is C10H10BrFN2O2S. The molecular weight excluding hydrogens is 311 g/mol. The van der Waals surface area contributed by atoms with Crippen LogP contribution in [0, 0.1) is 17.1 Å². The molecule has 0 spiro atoms. The predicted octanol–water partition coefficient (Wildman–Crippen LogP) is 1.76. The van der Waals surface area contributed by atoms with E-state index in [9.17, 15) is 12.8 Å². The molecule has 92 valence electrons. The highest BCUT2D eigenvalue weighted by Gasteiger charge is 2.15. The number of hydrogen-bond acceptors (Lipinski definition) is 3. The fourth-order valence-electron chi connectivity index (χ4n) is 1.11. The molecule has 0 fully saturated rings. The second kappa shape index (κ2) is 6.10. The van der Waals surface area contributed by atoms with Crippen molar-refractivity contribution in [1.29, 1.82) is 5.26 Å². The Balaban J connectivity index is 2.96. The lowest BCUT2D eigenvalue weighted by atomic mass is 10.2. The van der Waals surface area contributed by atoms with Gasteiger partial charge in [-0.05, 0) is 24.6 Å². The van der Waals surface area contributed by atoms with Gasteiger partial charge in [0.2, 0.25) is 10.0 Å². The van der Waals surface area contributed by atoms with E-state index in [4.69, 9.17) is 5.26 Å². The van der Waals surface area contributed by atoms with E-state index in [1.54, 1.807) is 6.07 Å². The molecule has 0 amide bonds. The van der Waals surface area contributed by atoms with Crippen molar-refractivity contribution < 1.29 is 12.8 Å². The van der Waals surface area contributed by atoms with Crippen molar-refractivity contribution in [3.63, 3.8) is 0 Å². The summed E-state index contributed by atoms with van der Waals surface area (Å²) in [6.07, 6.45) is 0.644. The zero-order chi connectivity index (χ0) is 12.9. The Kier molecular flexibility index (Phi) is 5.05. The third kappa shape index (κ3) is 3.77. The zero-order valence-corrected chi connectivity index (χ0v) is 11.2. The summed E-state index contributed by atoms with van der Waals surface area (Å²) in [6.45, 7) is 0.285. The van der Waals surface area contributed by atoms with Crippen LogP contribution in [0.2, 0.25) is 0 Å². The second-order valence-corrected chi connectivity index (χ2v) is 5.75. The highest BCUT2D eigenvalue weighted by Crippen LogP contribution is 2.14. The van der Waals surface area contributed by atoms with Gasteiger partial charge >= 0.3 is 0 Å². The van der Waals surface area contributed by atoms with E-state index < -0.39 is 15.8 Å². The van der Waals surface area contributed by atoms with Crippen LogP contribution in [0.15, 0.2) is 23.1 Å². The quantitative estimate of drug-likeness (QED) is 0.664. The Labute approximate surface area is 108 Å². The molecule has 17 heavy (non-hydrogen) atoms. The Hall–Kier alpha value is -0.970. The van der Waals surface area contributed by atoms with Crippen LogP contribution >= 0.6 is 15.9 Å². The van der Waals surface area contributed by atoms with Crippen molar-refractivity contribution in [2.24, 2.45) is 0 Å². The summed E-state index contributed by atoms with van der Waals surface area (Å²) in [6, 6.07) is 4.72. The minimum Gasteiger partial charge on any atom is -0.211 e. The standard InChI is InChI=1S/C10H10BrFN2O2S/c11-4-1-5-14-17(15,16)9-2-3-10(12)8(6-9)7-13/h2-3,6,14H,1,4-5H2. The highest BCUT2D eigenvalue weighted by atomic mass is 79.9. The SMILES string of the molecule is N#Cc1cc(S(=O)(=O)NCCCBr)ccc1F. The zero-order valence-electron chi connectivity index (χ0n) is 8.78. The summed E-state index contributed by atoms with van der Waals surface area (Å²) in [5, 5.41) is 9.29. The predicted molar refractivity (Wildman–Crippen MR) is 64.7 cm³/mol. The van der Waals surface area contributed by atoms with Crippen molar-refractivity contribution in [2.45, 2.75) is 11.3 Å². The molecule has 1 aromatic rings. The molecule has 0 radical (unpaired) electrons. The molecule has 0 atom stereocenters. The molecule has 7 heteroatoms. The first kappa shape index (κ1) is 14.1. The van der Waals surface area contributed by atoms with E-state index in [2.05, 4.69) is 20.7 Å². The van der Waals surface area contributed by atoms with Gasteiger partial charge in [-0.1, -0.05) is 15.9 Å². The van der Waals surface area contributed by atoms with Crippen molar-refractivity contribution in [2.75, 3.05) is 11.9 Å². The van der Waals surface area contributed by atoms with E-state index in [0.717, 1.165) is 18.2 Å². The largest absolute Gasteiger partial charge is 0.240 e. The molecule has 0 aromatic heterocycles. The summed E-state index contributed by atoms with van der Waals surface area (Å²) >= 11 is 3.18. The lowest BCUT2D eigenvalue weighted by Gasteiger charge is -2.06. The summed E-state index contributed by atoms with van der Waals surface area (Å²) in [4.78, 5) is -0.106. The van der Waals surface area contributed by atoms with Gasteiger partial charge in [-0.25, -0.2) is 17.5 Å². The van der Waals surface area contributed by atoms with Crippen molar-refractivity contribution in [3.05, 3.63) is 29.6 Å². The van der Waals surface area contributed by atoms with Crippen LogP contribution < -0.4 is 4.72 Å². The van der Waals surface area contributed by atoms with Gasteiger partial charge in [0.15, 0.2) is 0 Å². The smallest absolute Gasteiger partial charge is 0.211 e. The number of nitriles is 1. The molecule has 0 heterocycles. The first-order chi connectivity index (χ1) is 8.01. The van der Waals surface area contributed by atoms with Crippen LogP contribution in [0.5, 0.6) is 0 Å². The fourth-order valence-corrected chi connectivity index (χ4v) is 2.49. The molecule has 1 N–H and O–H groups in total.